The normalized spacial score (nSPS) is 15.3. The van der Waals surface area contributed by atoms with E-state index in [0.717, 1.165) is 61.4 Å². The first-order valence-electron chi connectivity index (χ1n) is 9.30. The van der Waals surface area contributed by atoms with Crippen LogP contribution in [0.15, 0.2) is 30.3 Å². The first-order chi connectivity index (χ1) is 12.1. The zero-order chi connectivity index (χ0) is 17.8. The second kappa shape index (κ2) is 7.92. The fourth-order valence-corrected chi connectivity index (χ4v) is 3.78. The van der Waals surface area contributed by atoms with Crippen molar-refractivity contribution >= 4 is 5.71 Å². The van der Waals surface area contributed by atoms with Gasteiger partial charge in [-0.3, -0.25) is 4.98 Å². The second-order valence-corrected chi connectivity index (χ2v) is 7.03. The van der Waals surface area contributed by atoms with Crippen LogP contribution in [0.25, 0.3) is 0 Å². The lowest BCUT2D eigenvalue weighted by Gasteiger charge is -2.22. The summed E-state index contributed by atoms with van der Waals surface area (Å²) in [6, 6.07) is 11.1. The molecule has 1 saturated heterocycles. The maximum Gasteiger partial charge on any atom is 0.0471 e. The summed E-state index contributed by atoms with van der Waals surface area (Å²) in [5, 5.41) is 8.12. The van der Waals surface area contributed by atoms with Gasteiger partial charge in [0, 0.05) is 42.3 Å². The van der Waals surface area contributed by atoms with Crippen LogP contribution >= 0.6 is 0 Å². The van der Waals surface area contributed by atoms with Crippen LogP contribution in [0.2, 0.25) is 0 Å². The lowest BCUT2D eigenvalue weighted by Crippen LogP contribution is -2.14. The van der Waals surface area contributed by atoms with Crippen LogP contribution < -0.4 is 0 Å². The molecule has 1 aromatic heterocycles. The zero-order valence-corrected chi connectivity index (χ0v) is 15.6. The fourth-order valence-electron chi connectivity index (χ4n) is 3.78. The van der Waals surface area contributed by atoms with E-state index in [0.29, 0.717) is 11.6 Å². The van der Waals surface area contributed by atoms with Crippen molar-refractivity contribution in [1.29, 1.82) is 5.41 Å². The van der Waals surface area contributed by atoms with Crippen LogP contribution in [0.1, 0.15) is 65.7 Å². The molecule has 1 N–H and O–H groups in total. The molecule has 0 atom stereocenters. The third-order valence-electron chi connectivity index (χ3n) is 5.16. The molecule has 2 heterocycles. The van der Waals surface area contributed by atoms with Crippen LogP contribution in [0.5, 0.6) is 0 Å². The van der Waals surface area contributed by atoms with Gasteiger partial charge in [0.2, 0.25) is 0 Å². The second-order valence-electron chi connectivity index (χ2n) is 7.03. The number of nitrogens with one attached hydrogen (secondary N) is 1. The molecule has 0 aliphatic carbocycles. The summed E-state index contributed by atoms with van der Waals surface area (Å²) in [5.74, 6) is 0.643. The van der Waals surface area contributed by atoms with Crippen molar-refractivity contribution in [3.05, 3.63) is 64.0 Å². The molecule has 1 aliphatic rings. The summed E-state index contributed by atoms with van der Waals surface area (Å²) < 4.78 is 5.46. The van der Waals surface area contributed by atoms with Crippen molar-refractivity contribution in [2.24, 2.45) is 0 Å². The molecule has 3 rings (SSSR count). The van der Waals surface area contributed by atoms with Gasteiger partial charge in [0.15, 0.2) is 0 Å². The average molecular weight is 336 g/mol. The summed E-state index contributed by atoms with van der Waals surface area (Å²) in [5.41, 5.74) is 7.63. The van der Waals surface area contributed by atoms with E-state index in [1.165, 1.54) is 11.1 Å². The Bertz CT molecular complexity index is 720. The van der Waals surface area contributed by atoms with Gasteiger partial charge < -0.3 is 10.1 Å². The maximum atomic E-state index is 8.12. The number of ether oxygens (including phenoxy) is 1. The highest BCUT2D eigenvalue weighted by atomic mass is 16.5. The van der Waals surface area contributed by atoms with Crippen molar-refractivity contribution in [3.63, 3.8) is 0 Å². The van der Waals surface area contributed by atoms with Gasteiger partial charge in [-0.1, -0.05) is 31.2 Å². The van der Waals surface area contributed by atoms with Gasteiger partial charge >= 0.3 is 0 Å². The van der Waals surface area contributed by atoms with E-state index in [1.807, 2.05) is 13.8 Å². The Balaban J connectivity index is 1.75. The summed E-state index contributed by atoms with van der Waals surface area (Å²) in [4.78, 5) is 4.75. The number of benzene rings is 1. The predicted octanol–water partition coefficient (Wildman–Crippen LogP) is 4.96. The Hall–Kier alpha value is -2.00. The van der Waals surface area contributed by atoms with Crippen molar-refractivity contribution in [2.75, 3.05) is 13.2 Å². The Kier molecular flexibility index (Phi) is 5.64. The quantitative estimate of drug-likeness (QED) is 0.784. The number of aryl methyl sites for hydroxylation is 2. The molecule has 1 fully saturated rings. The van der Waals surface area contributed by atoms with Gasteiger partial charge in [0.05, 0.1) is 0 Å². The molecule has 0 radical (unpaired) electrons. The molecule has 132 valence electrons. The Labute approximate surface area is 151 Å². The fraction of sp³-hybridized carbons (Fsp3) is 0.455. The van der Waals surface area contributed by atoms with Gasteiger partial charge in [-0.15, -0.1) is 0 Å². The van der Waals surface area contributed by atoms with E-state index in [4.69, 9.17) is 15.1 Å². The predicted molar refractivity (Wildman–Crippen MR) is 103 cm³/mol. The third kappa shape index (κ3) is 4.16. The van der Waals surface area contributed by atoms with Crippen LogP contribution in [0.3, 0.4) is 0 Å². The van der Waals surface area contributed by atoms with Crippen LogP contribution in [0.4, 0.5) is 0 Å². The molecule has 25 heavy (non-hydrogen) atoms. The molecule has 0 bridgehead atoms. The van der Waals surface area contributed by atoms with Crippen LogP contribution in [-0.2, 0) is 11.2 Å². The Morgan fingerprint density at radius 3 is 2.44 bits per heavy atom. The van der Waals surface area contributed by atoms with Crippen molar-refractivity contribution in [2.45, 2.75) is 52.4 Å². The average Bonchev–Trinajstić information content (AvgIpc) is 2.62. The van der Waals surface area contributed by atoms with Gasteiger partial charge in [-0.2, -0.15) is 0 Å². The zero-order valence-electron chi connectivity index (χ0n) is 15.6. The Morgan fingerprint density at radius 1 is 1.16 bits per heavy atom. The molecule has 1 aliphatic heterocycles. The van der Waals surface area contributed by atoms with E-state index < -0.39 is 0 Å². The first-order valence-corrected chi connectivity index (χ1v) is 9.30. The monoisotopic (exact) mass is 336 g/mol. The first kappa shape index (κ1) is 17.8. The lowest BCUT2D eigenvalue weighted by molar-refractivity contribution is 0.0853. The van der Waals surface area contributed by atoms with Gasteiger partial charge in [0.25, 0.3) is 0 Å². The summed E-state index contributed by atoms with van der Waals surface area (Å²) in [6.07, 6.45) is 3.85. The summed E-state index contributed by atoms with van der Waals surface area (Å²) >= 11 is 0. The molecule has 0 saturated carbocycles. The highest BCUT2D eigenvalue weighted by Crippen LogP contribution is 2.27. The van der Waals surface area contributed by atoms with Crippen molar-refractivity contribution in [3.8, 4) is 0 Å². The molecular weight excluding hydrogens is 308 g/mol. The van der Waals surface area contributed by atoms with E-state index >= 15 is 0 Å². The molecular formula is C22H28N2O. The molecule has 3 nitrogen and oxygen atoms in total. The minimum Gasteiger partial charge on any atom is -0.381 e. The standard InChI is InChI=1S/C22H28N2O/c1-4-21(23)22-15(2)13-20(24-16(22)3)14-17-5-7-18(8-6-17)19-9-11-25-12-10-19/h5-8,13,19,23H,4,9-12,14H2,1-3H3. The number of pyridine rings is 1. The largest absolute Gasteiger partial charge is 0.381 e. The van der Waals surface area contributed by atoms with E-state index in [9.17, 15) is 0 Å². The smallest absolute Gasteiger partial charge is 0.0471 e. The maximum absolute atomic E-state index is 8.12. The third-order valence-corrected chi connectivity index (χ3v) is 5.16. The minimum absolute atomic E-state index is 0.643. The van der Waals surface area contributed by atoms with Crippen molar-refractivity contribution in [1.82, 2.24) is 4.98 Å². The molecule has 0 amide bonds. The summed E-state index contributed by atoms with van der Waals surface area (Å²) in [6.45, 7) is 7.90. The van der Waals surface area contributed by atoms with E-state index in [-0.39, 0.29) is 0 Å². The minimum atomic E-state index is 0.643. The molecule has 2 aromatic rings. The topological polar surface area (TPSA) is 46.0 Å². The molecule has 0 unspecified atom stereocenters. The number of nitrogens with zero attached hydrogens (tertiary/aromatic N) is 1. The van der Waals surface area contributed by atoms with E-state index in [1.54, 1.807) is 0 Å². The van der Waals surface area contributed by atoms with Crippen molar-refractivity contribution < 1.29 is 4.74 Å². The number of rotatable bonds is 5. The highest BCUT2D eigenvalue weighted by Gasteiger charge is 2.16. The lowest BCUT2D eigenvalue weighted by atomic mass is 9.91. The van der Waals surface area contributed by atoms with Gasteiger partial charge in [-0.05, 0) is 61.8 Å². The molecule has 1 aromatic carbocycles. The van der Waals surface area contributed by atoms with E-state index in [2.05, 4.69) is 37.3 Å². The molecule has 0 spiro atoms. The van der Waals surface area contributed by atoms with Gasteiger partial charge in [0.1, 0.15) is 0 Å². The highest BCUT2D eigenvalue weighted by molar-refractivity contribution is 6.00. The van der Waals surface area contributed by atoms with Crippen LogP contribution in [-0.4, -0.2) is 23.9 Å². The Morgan fingerprint density at radius 2 is 1.84 bits per heavy atom. The van der Waals surface area contributed by atoms with Gasteiger partial charge in [-0.25, -0.2) is 0 Å². The number of hydrogen-bond acceptors (Lipinski definition) is 3. The SMILES string of the molecule is CCC(=N)c1c(C)cc(Cc2ccc(C3CCOCC3)cc2)nc1C. The summed E-state index contributed by atoms with van der Waals surface area (Å²) in [7, 11) is 0. The van der Waals surface area contributed by atoms with Crippen LogP contribution in [0, 0.1) is 19.3 Å². The number of hydrogen-bond donors (Lipinski definition) is 1. The molecule has 3 heteroatoms. The number of aromatic nitrogens is 1.